The van der Waals surface area contributed by atoms with Crippen LogP contribution >= 0.6 is 0 Å². The van der Waals surface area contributed by atoms with Crippen molar-refractivity contribution in [3.05, 3.63) is 83.6 Å². The maximum atomic E-state index is 12.7. The number of pyridine rings is 1. The first-order valence-electron chi connectivity index (χ1n) is 9.60. The van der Waals surface area contributed by atoms with Gasteiger partial charge in [-0.2, -0.15) is 0 Å². The van der Waals surface area contributed by atoms with Gasteiger partial charge in [0.05, 0.1) is 5.60 Å². The smallest absolute Gasteiger partial charge is 0.438 e. The average Bonchev–Trinajstić information content (AvgIpc) is 2.71. The highest BCUT2D eigenvalue weighted by Gasteiger charge is 2.31. The number of hydrogen-bond donors (Lipinski definition) is 2. The summed E-state index contributed by atoms with van der Waals surface area (Å²) >= 11 is 0. The number of carbonyl (C=O) groups is 1. The topological polar surface area (TPSA) is 80.7 Å². The molecule has 0 atom stereocenters. The number of hydrogen-bond acceptors (Lipinski definition) is 5. The fourth-order valence-electron chi connectivity index (χ4n) is 2.80. The molecule has 0 saturated carbocycles. The molecule has 2 N–H and O–H groups in total. The Balaban J connectivity index is 1.70. The minimum Gasteiger partial charge on any atom is -0.438 e. The quantitative estimate of drug-likeness (QED) is 0.538. The van der Waals surface area contributed by atoms with E-state index in [4.69, 9.17) is 4.74 Å². The summed E-state index contributed by atoms with van der Waals surface area (Å²) in [6.07, 6.45) is -3.43. The van der Waals surface area contributed by atoms with E-state index in [2.05, 4.69) is 15.0 Å². The molecule has 0 fully saturated rings. The summed E-state index contributed by atoms with van der Waals surface area (Å²) in [6, 6.07) is 15.1. The molecule has 3 aromatic rings. The van der Waals surface area contributed by atoms with Crippen molar-refractivity contribution in [1.29, 1.82) is 0 Å². The molecule has 9 heteroatoms. The SMILES string of the molecule is CC(C)(O)c1ccc(CNC(=O)c2cccnc2Oc2cccc(OC(F)(F)F)c2)cc1. The Bertz CT molecular complexity index is 1080. The van der Waals surface area contributed by atoms with Crippen LogP contribution in [0.3, 0.4) is 0 Å². The van der Waals surface area contributed by atoms with E-state index in [1.54, 1.807) is 44.2 Å². The van der Waals surface area contributed by atoms with E-state index in [0.29, 0.717) is 0 Å². The average molecular weight is 446 g/mol. The molecule has 0 aliphatic heterocycles. The number of ether oxygens (including phenoxy) is 2. The van der Waals surface area contributed by atoms with Crippen LogP contribution in [0.15, 0.2) is 66.9 Å². The van der Waals surface area contributed by atoms with Gasteiger partial charge >= 0.3 is 6.36 Å². The summed E-state index contributed by atoms with van der Waals surface area (Å²) in [4.78, 5) is 16.7. The standard InChI is InChI=1S/C23H21F3N2O4/c1-22(2,30)16-10-8-15(9-11-16)14-28-20(29)19-7-4-12-27-21(19)31-17-5-3-6-18(13-17)32-23(24,25)26/h3-13,30H,14H2,1-2H3,(H,28,29). The molecule has 0 spiro atoms. The van der Waals surface area contributed by atoms with Crippen molar-refractivity contribution in [2.24, 2.45) is 0 Å². The second kappa shape index (κ2) is 9.27. The number of amides is 1. The van der Waals surface area contributed by atoms with E-state index < -0.39 is 23.6 Å². The monoisotopic (exact) mass is 446 g/mol. The summed E-state index contributed by atoms with van der Waals surface area (Å²) in [7, 11) is 0. The summed E-state index contributed by atoms with van der Waals surface area (Å²) < 4.78 is 46.7. The Kier molecular flexibility index (Phi) is 6.69. The number of aliphatic hydroxyl groups is 1. The normalized spacial score (nSPS) is 11.7. The number of alkyl halides is 3. The van der Waals surface area contributed by atoms with E-state index in [-0.39, 0.29) is 23.7 Å². The van der Waals surface area contributed by atoms with Crippen LogP contribution in [0.4, 0.5) is 13.2 Å². The molecule has 1 heterocycles. The van der Waals surface area contributed by atoms with Crippen LogP contribution in [0.5, 0.6) is 17.4 Å². The molecule has 1 aromatic heterocycles. The number of benzene rings is 2. The number of nitrogens with one attached hydrogen (secondary N) is 1. The summed E-state index contributed by atoms with van der Waals surface area (Å²) in [5.74, 6) is -0.956. The van der Waals surface area contributed by atoms with Crippen LogP contribution in [0.1, 0.15) is 35.3 Å². The van der Waals surface area contributed by atoms with Gasteiger partial charge in [0, 0.05) is 18.8 Å². The molecular weight excluding hydrogens is 425 g/mol. The zero-order chi connectivity index (χ0) is 23.4. The van der Waals surface area contributed by atoms with Gasteiger partial charge in [-0.3, -0.25) is 4.79 Å². The highest BCUT2D eigenvalue weighted by Crippen LogP contribution is 2.29. The molecule has 0 unspecified atom stereocenters. The lowest BCUT2D eigenvalue weighted by atomic mass is 9.97. The second-order valence-corrected chi connectivity index (χ2v) is 7.42. The van der Waals surface area contributed by atoms with Crippen molar-refractivity contribution >= 4 is 5.91 Å². The molecule has 32 heavy (non-hydrogen) atoms. The Labute approximate surface area is 182 Å². The van der Waals surface area contributed by atoms with E-state index in [1.165, 1.54) is 24.4 Å². The van der Waals surface area contributed by atoms with Crippen LogP contribution in [0.25, 0.3) is 0 Å². The Morgan fingerprint density at radius 3 is 2.38 bits per heavy atom. The Morgan fingerprint density at radius 1 is 1.03 bits per heavy atom. The minimum absolute atomic E-state index is 0.0294. The largest absolute Gasteiger partial charge is 0.573 e. The summed E-state index contributed by atoms with van der Waals surface area (Å²) in [5, 5.41) is 12.8. The fourth-order valence-corrected chi connectivity index (χ4v) is 2.80. The van der Waals surface area contributed by atoms with Crippen molar-refractivity contribution < 1.29 is 32.5 Å². The third-order valence-corrected chi connectivity index (χ3v) is 4.38. The van der Waals surface area contributed by atoms with Crippen molar-refractivity contribution in [2.45, 2.75) is 32.4 Å². The van der Waals surface area contributed by atoms with Crippen LogP contribution in [-0.2, 0) is 12.1 Å². The predicted octanol–water partition coefficient (Wildman–Crippen LogP) is 4.93. The van der Waals surface area contributed by atoms with Gasteiger partial charge in [-0.1, -0.05) is 30.3 Å². The van der Waals surface area contributed by atoms with Gasteiger partial charge in [0.15, 0.2) is 0 Å². The van der Waals surface area contributed by atoms with E-state index >= 15 is 0 Å². The van der Waals surface area contributed by atoms with Crippen LogP contribution in [-0.4, -0.2) is 22.4 Å². The molecule has 0 bridgehead atoms. The first kappa shape index (κ1) is 23.1. The lowest BCUT2D eigenvalue weighted by Gasteiger charge is -2.18. The number of rotatable bonds is 7. The minimum atomic E-state index is -4.83. The molecule has 6 nitrogen and oxygen atoms in total. The van der Waals surface area contributed by atoms with E-state index in [0.717, 1.165) is 23.3 Å². The molecule has 0 radical (unpaired) electrons. The van der Waals surface area contributed by atoms with Crippen molar-refractivity contribution in [1.82, 2.24) is 10.3 Å². The number of aromatic nitrogens is 1. The van der Waals surface area contributed by atoms with Gasteiger partial charge in [-0.25, -0.2) is 4.98 Å². The highest BCUT2D eigenvalue weighted by molar-refractivity contribution is 5.96. The zero-order valence-corrected chi connectivity index (χ0v) is 17.3. The highest BCUT2D eigenvalue weighted by atomic mass is 19.4. The maximum Gasteiger partial charge on any atom is 0.573 e. The molecule has 168 valence electrons. The molecule has 1 amide bonds. The second-order valence-electron chi connectivity index (χ2n) is 7.42. The van der Waals surface area contributed by atoms with Crippen molar-refractivity contribution in [3.63, 3.8) is 0 Å². The third kappa shape index (κ3) is 6.45. The molecule has 2 aromatic carbocycles. The van der Waals surface area contributed by atoms with Gasteiger partial charge in [0.25, 0.3) is 5.91 Å². The fraction of sp³-hybridized carbons (Fsp3) is 0.217. The van der Waals surface area contributed by atoms with Crippen LogP contribution < -0.4 is 14.8 Å². The number of carbonyl (C=O) groups excluding carboxylic acids is 1. The zero-order valence-electron chi connectivity index (χ0n) is 17.3. The van der Waals surface area contributed by atoms with E-state index in [1.807, 2.05) is 0 Å². The Morgan fingerprint density at radius 2 is 1.72 bits per heavy atom. The lowest BCUT2D eigenvalue weighted by molar-refractivity contribution is -0.274. The summed E-state index contributed by atoms with van der Waals surface area (Å²) in [5.41, 5.74) is 0.705. The molecule has 3 rings (SSSR count). The predicted molar refractivity (Wildman–Crippen MR) is 110 cm³/mol. The van der Waals surface area contributed by atoms with E-state index in [9.17, 15) is 23.1 Å². The number of halogens is 3. The van der Waals surface area contributed by atoms with Crippen LogP contribution in [0, 0.1) is 0 Å². The lowest BCUT2D eigenvalue weighted by Crippen LogP contribution is -2.23. The van der Waals surface area contributed by atoms with Gasteiger partial charge in [0.2, 0.25) is 5.88 Å². The van der Waals surface area contributed by atoms with Crippen molar-refractivity contribution in [2.75, 3.05) is 0 Å². The van der Waals surface area contributed by atoms with Gasteiger partial charge < -0.3 is 19.9 Å². The van der Waals surface area contributed by atoms with Gasteiger partial charge in [-0.05, 0) is 49.2 Å². The maximum absolute atomic E-state index is 12.7. The molecule has 0 aliphatic rings. The molecule has 0 aliphatic carbocycles. The van der Waals surface area contributed by atoms with Gasteiger partial charge in [-0.15, -0.1) is 13.2 Å². The molecule has 0 saturated heterocycles. The Hall–Kier alpha value is -3.59. The van der Waals surface area contributed by atoms with Crippen molar-refractivity contribution in [3.8, 4) is 17.4 Å². The molecular formula is C23H21F3N2O4. The summed E-state index contributed by atoms with van der Waals surface area (Å²) in [6.45, 7) is 3.57. The first-order chi connectivity index (χ1) is 15.0. The van der Waals surface area contributed by atoms with Crippen LogP contribution in [0.2, 0.25) is 0 Å². The number of nitrogens with zero attached hydrogens (tertiary/aromatic N) is 1. The van der Waals surface area contributed by atoms with Gasteiger partial charge in [0.1, 0.15) is 17.1 Å². The first-order valence-corrected chi connectivity index (χ1v) is 9.60. The third-order valence-electron chi connectivity index (χ3n) is 4.38.